The number of carbonyl (C=O) groups is 1. The molecule has 0 saturated heterocycles. The molecule has 0 spiro atoms. The molecule has 0 aromatic heterocycles. The Morgan fingerprint density at radius 3 is 2.27 bits per heavy atom. The summed E-state index contributed by atoms with van der Waals surface area (Å²) in [4.78, 5) is 11.3. The van der Waals surface area contributed by atoms with Gasteiger partial charge in [0.05, 0.1) is 20.2 Å². The van der Waals surface area contributed by atoms with E-state index >= 15 is 0 Å². The van der Waals surface area contributed by atoms with Crippen LogP contribution in [0.3, 0.4) is 0 Å². The molecule has 0 saturated carbocycles. The van der Waals surface area contributed by atoms with Crippen molar-refractivity contribution in [1.29, 1.82) is 0 Å². The van der Waals surface area contributed by atoms with E-state index in [9.17, 15) is 9.36 Å². The Hall–Kier alpha value is -0.300. The summed E-state index contributed by atoms with van der Waals surface area (Å²) in [5.74, 6) is -0.203. The van der Waals surface area contributed by atoms with E-state index in [2.05, 4.69) is 6.92 Å². The first-order chi connectivity index (χ1) is 7.08. The first-order valence-electron chi connectivity index (χ1n) is 5.80. The lowest BCUT2D eigenvalue weighted by molar-refractivity contribution is -0.143. The Morgan fingerprint density at radius 2 is 1.80 bits per heavy atom. The maximum Gasteiger partial charge on any atom is 0.306 e. The lowest BCUT2D eigenvalue weighted by atomic mass is 10.4. The van der Waals surface area contributed by atoms with Crippen molar-refractivity contribution in [3.05, 3.63) is 0 Å². The van der Waals surface area contributed by atoms with Crippen LogP contribution in [0.1, 0.15) is 40.0 Å². The largest absolute Gasteiger partial charge is 0.466 e. The van der Waals surface area contributed by atoms with Crippen LogP contribution in [0.25, 0.3) is 0 Å². The minimum absolute atomic E-state index is 0.203. The summed E-state index contributed by atoms with van der Waals surface area (Å²) in [5.41, 5.74) is 0. The predicted molar refractivity (Wildman–Crippen MR) is 64.0 cm³/mol. The zero-order valence-corrected chi connectivity index (χ0v) is 11.0. The average Bonchev–Trinajstić information content (AvgIpc) is 2.26. The fourth-order valence-corrected chi connectivity index (χ4v) is 2.91. The Morgan fingerprint density at radius 1 is 1.20 bits per heavy atom. The topological polar surface area (TPSA) is 43.4 Å². The van der Waals surface area contributed by atoms with Gasteiger partial charge in [0.2, 0.25) is 0 Å². The SMILES string of the molecule is CCCCOC(=O)CCP(=O)(CC)CC. The summed E-state index contributed by atoms with van der Waals surface area (Å²) in [5, 5.41) is 0. The van der Waals surface area contributed by atoms with E-state index in [1.54, 1.807) is 0 Å². The van der Waals surface area contributed by atoms with Gasteiger partial charge in [-0.15, -0.1) is 0 Å². The van der Waals surface area contributed by atoms with E-state index in [1.807, 2.05) is 13.8 Å². The predicted octanol–water partition coefficient (Wildman–Crippen LogP) is 3.12. The highest BCUT2D eigenvalue weighted by Crippen LogP contribution is 2.44. The van der Waals surface area contributed by atoms with Crippen LogP contribution in [-0.4, -0.2) is 31.1 Å². The molecule has 0 rings (SSSR count). The van der Waals surface area contributed by atoms with Crippen LogP contribution >= 0.6 is 7.14 Å². The molecule has 3 nitrogen and oxygen atoms in total. The van der Waals surface area contributed by atoms with Gasteiger partial charge in [-0.25, -0.2) is 0 Å². The molecule has 0 N–H and O–H groups in total. The molecule has 0 amide bonds. The molecule has 0 aromatic carbocycles. The summed E-state index contributed by atoms with van der Waals surface area (Å²) < 4.78 is 17.0. The lowest BCUT2D eigenvalue weighted by Crippen LogP contribution is -2.09. The maximum atomic E-state index is 12.0. The van der Waals surface area contributed by atoms with E-state index in [0.29, 0.717) is 31.5 Å². The number of hydrogen-bond donors (Lipinski definition) is 0. The van der Waals surface area contributed by atoms with Gasteiger partial charge in [-0.2, -0.15) is 0 Å². The Bertz CT molecular complexity index is 218. The molecule has 15 heavy (non-hydrogen) atoms. The molecule has 0 unspecified atom stereocenters. The summed E-state index contributed by atoms with van der Waals surface area (Å²) in [6.45, 7) is 6.40. The van der Waals surface area contributed by atoms with Gasteiger partial charge in [0, 0.05) is 6.16 Å². The van der Waals surface area contributed by atoms with E-state index < -0.39 is 7.14 Å². The van der Waals surface area contributed by atoms with Gasteiger partial charge in [-0.1, -0.05) is 27.2 Å². The molecule has 0 aliphatic carbocycles. The van der Waals surface area contributed by atoms with Gasteiger partial charge in [0.15, 0.2) is 0 Å². The normalized spacial score (nSPS) is 11.4. The number of esters is 1. The molecular formula is C11H23O3P. The standard InChI is InChI=1S/C11H23O3P/c1-4-7-9-14-11(12)8-10-15(13,5-2)6-3/h4-10H2,1-3H3. The van der Waals surface area contributed by atoms with Gasteiger partial charge in [0.1, 0.15) is 0 Å². The van der Waals surface area contributed by atoms with Crippen molar-refractivity contribution in [3.63, 3.8) is 0 Å². The van der Waals surface area contributed by atoms with Crippen molar-refractivity contribution in [2.75, 3.05) is 25.1 Å². The molecule has 0 aromatic rings. The zero-order chi connectivity index (χ0) is 11.7. The van der Waals surface area contributed by atoms with Gasteiger partial charge in [-0.3, -0.25) is 4.79 Å². The van der Waals surface area contributed by atoms with Crippen LogP contribution < -0.4 is 0 Å². The van der Waals surface area contributed by atoms with Gasteiger partial charge < -0.3 is 9.30 Å². The van der Waals surface area contributed by atoms with Crippen LogP contribution in [-0.2, 0) is 14.1 Å². The third-order valence-electron chi connectivity index (χ3n) is 2.64. The highest BCUT2D eigenvalue weighted by atomic mass is 31.2. The van der Waals surface area contributed by atoms with Crippen molar-refractivity contribution in [1.82, 2.24) is 0 Å². The minimum atomic E-state index is -2.07. The van der Waals surface area contributed by atoms with Crippen molar-refractivity contribution < 1.29 is 14.1 Å². The molecule has 0 bridgehead atoms. The zero-order valence-electron chi connectivity index (χ0n) is 10.1. The summed E-state index contributed by atoms with van der Waals surface area (Å²) in [6.07, 6.45) is 4.12. The second kappa shape index (κ2) is 7.92. The molecule has 0 fully saturated rings. The van der Waals surface area contributed by atoms with E-state index in [0.717, 1.165) is 12.8 Å². The number of rotatable bonds is 8. The summed E-state index contributed by atoms with van der Waals surface area (Å²) in [7, 11) is -2.07. The van der Waals surface area contributed by atoms with Gasteiger partial charge in [0.25, 0.3) is 0 Å². The molecule has 0 radical (unpaired) electrons. The van der Waals surface area contributed by atoms with Crippen molar-refractivity contribution in [2.24, 2.45) is 0 Å². The van der Waals surface area contributed by atoms with Crippen LogP contribution in [0.4, 0.5) is 0 Å². The quantitative estimate of drug-likeness (QED) is 0.368. The monoisotopic (exact) mass is 234 g/mol. The number of carbonyl (C=O) groups excluding carboxylic acids is 1. The third kappa shape index (κ3) is 6.72. The first kappa shape index (κ1) is 14.7. The molecule has 0 aliphatic heterocycles. The van der Waals surface area contributed by atoms with Crippen molar-refractivity contribution >= 4 is 13.1 Å². The van der Waals surface area contributed by atoms with Crippen LogP contribution in [0.5, 0.6) is 0 Å². The highest BCUT2D eigenvalue weighted by Gasteiger charge is 2.18. The van der Waals surface area contributed by atoms with Crippen LogP contribution in [0.15, 0.2) is 0 Å². The molecular weight excluding hydrogens is 211 g/mol. The van der Waals surface area contributed by atoms with Gasteiger partial charge >= 0.3 is 5.97 Å². The minimum Gasteiger partial charge on any atom is -0.466 e. The average molecular weight is 234 g/mol. The van der Waals surface area contributed by atoms with E-state index in [1.165, 1.54) is 0 Å². The summed E-state index contributed by atoms with van der Waals surface area (Å²) >= 11 is 0. The third-order valence-corrected chi connectivity index (χ3v) is 5.98. The fourth-order valence-electron chi connectivity index (χ4n) is 1.24. The molecule has 4 heteroatoms. The molecule has 90 valence electrons. The van der Waals surface area contributed by atoms with Crippen molar-refractivity contribution in [3.8, 4) is 0 Å². The van der Waals surface area contributed by atoms with E-state index in [4.69, 9.17) is 4.74 Å². The number of ether oxygens (including phenoxy) is 1. The Labute approximate surface area is 93.0 Å². The van der Waals surface area contributed by atoms with E-state index in [-0.39, 0.29) is 5.97 Å². The Balaban J connectivity index is 3.74. The highest BCUT2D eigenvalue weighted by molar-refractivity contribution is 7.63. The Kier molecular flexibility index (Phi) is 7.76. The second-order valence-corrected chi connectivity index (χ2v) is 7.57. The molecule has 0 heterocycles. The van der Waals surface area contributed by atoms with Crippen LogP contribution in [0, 0.1) is 0 Å². The smallest absolute Gasteiger partial charge is 0.306 e. The maximum absolute atomic E-state index is 12.0. The molecule has 0 aliphatic rings. The fraction of sp³-hybridized carbons (Fsp3) is 0.909. The lowest BCUT2D eigenvalue weighted by Gasteiger charge is -2.13. The van der Waals surface area contributed by atoms with Crippen LogP contribution in [0.2, 0.25) is 0 Å². The second-order valence-electron chi connectivity index (χ2n) is 3.74. The molecule has 0 atom stereocenters. The summed E-state index contributed by atoms with van der Waals surface area (Å²) in [6, 6.07) is 0. The van der Waals surface area contributed by atoms with Crippen molar-refractivity contribution in [2.45, 2.75) is 40.0 Å². The van der Waals surface area contributed by atoms with Gasteiger partial charge in [-0.05, 0) is 18.7 Å². The first-order valence-corrected chi connectivity index (χ1v) is 8.07. The number of hydrogen-bond acceptors (Lipinski definition) is 3. The number of unbranched alkanes of at least 4 members (excludes halogenated alkanes) is 1.